The molecule has 1 N–H and O–H groups in total. The van der Waals surface area contributed by atoms with Crippen molar-refractivity contribution in [1.29, 1.82) is 0 Å². The molecular formula is C11H14FN3. The van der Waals surface area contributed by atoms with E-state index in [-0.39, 0.29) is 5.82 Å². The fourth-order valence-electron chi connectivity index (χ4n) is 1.76. The molecule has 0 amide bonds. The lowest BCUT2D eigenvalue weighted by Gasteiger charge is -2.06. The van der Waals surface area contributed by atoms with Crippen LogP contribution in [0.5, 0.6) is 0 Å². The smallest absolute Gasteiger partial charge is 0.177 e. The number of aromatic amines is 1. The molecule has 0 spiro atoms. The van der Waals surface area contributed by atoms with Gasteiger partial charge in [-0.15, -0.1) is 0 Å². The average Bonchev–Trinajstić information content (AvgIpc) is 2.62. The first kappa shape index (κ1) is 10.1. The summed E-state index contributed by atoms with van der Waals surface area (Å²) in [4.78, 5) is 11.4. The van der Waals surface area contributed by atoms with Crippen LogP contribution < -0.4 is 0 Å². The van der Waals surface area contributed by atoms with Crippen molar-refractivity contribution in [3.8, 4) is 0 Å². The number of H-pyrrole nitrogens is 1. The van der Waals surface area contributed by atoms with Gasteiger partial charge in [-0.2, -0.15) is 0 Å². The molecule has 0 aliphatic heterocycles. The van der Waals surface area contributed by atoms with Gasteiger partial charge in [0.1, 0.15) is 11.6 Å². The highest BCUT2D eigenvalue weighted by Crippen LogP contribution is 2.22. The minimum atomic E-state index is -0.331. The molecule has 2 aromatic rings. The van der Waals surface area contributed by atoms with Crippen LogP contribution in [0.3, 0.4) is 0 Å². The fourth-order valence-corrected chi connectivity index (χ4v) is 1.76. The Morgan fingerprint density at radius 3 is 2.80 bits per heavy atom. The van der Waals surface area contributed by atoms with Crippen LogP contribution in [-0.4, -0.2) is 15.0 Å². The van der Waals surface area contributed by atoms with Gasteiger partial charge in [-0.1, -0.05) is 13.8 Å². The molecule has 0 saturated heterocycles. The van der Waals surface area contributed by atoms with Crippen LogP contribution in [0.25, 0.3) is 11.2 Å². The van der Waals surface area contributed by atoms with Crippen molar-refractivity contribution in [2.24, 2.45) is 0 Å². The molecule has 4 heteroatoms. The van der Waals surface area contributed by atoms with E-state index < -0.39 is 0 Å². The zero-order valence-electron chi connectivity index (χ0n) is 8.92. The lowest BCUT2D eigenvalue weighted by molar-refractivity contribution is 0.610. The van der Waals surface area contributed by atoms with E-state index in [1.165, 1.54) is 12.3 Å². The van der Waals surface area contributed by atoms with Crippen LogP contribution in [0.15, 0.2) is 12.3 Å². The van der Waals surface area contributed by atoms with Crippen molar-refractivity contribution in [3.63, 3.8) is 0 Å². The molecule has 0 unspecified atom stereocenters. The third kappa shape index (κ3) is 1.84. The fraction of sp³-hybridized carbons (Fsp3) is 0.455. The Labute approximate surface area is 87.8 Å². The number of nitrogens with zero attached hydrogens (tertiary/aromatic N) is 2. The standard InChI is InChI=1S/C11H14FN3/c1-3-7(4-2)10-14-9-5-8(12)6-13-11(9)15-10/h5-7H,3-4H2,1-2H3,(H,13,14,15). The highest BCUT2D eigenvalue weighted by atomic mass is 19.1. The Morgan fingerprint density at radius 1 is 1.40 bits per heavy atom. The molecule has 0 fully saturated rings. The van der Waals surface area contributed by atoms with E-state index in [2.05, 4.69) is 28.8 Å². The lowest BCUT2D eigenvalue weighted by atomic mass is 10.0. The summed E-state index contributed by atoms with van der Waals surface area (Å²) >= 11 is 0. The monoisotopic (exact) mass is 207 g/mol. The number of rotatable bonds is 3. The first-order chi connectivity index (χ1) is 7.24. The summed E-state index contributed by atoms with van der Waals surface area (Å²) < 4.78 is 12.9. The molecule has 15 heavy (non-hydrogen) atoms. The Kier molecular flexibility index (Phi) is 2.66. The van der Waals surface area contributed by atoms with Crippen LogP contribution in [-0.2, 0) is 0 Å². The SMILES string of the molecule is CCC(CC)c1nc2ncc(F)cc2[nH]1. The first-order valence-corrected chi connectivity index (χ1v) is 5.25. The molecule has 0 bridgehead atoms. The number of hydrogen-bond donors (Lipinski definition) is 1. The highest BCUT2D eigenvalue weighted by Gasteiger charge is 2.12. The van der Waals surface area contributed by atoms with Crippen LogP contribution in [0, 0.1) is 5.82 Å². The van der Waals surface area contributed by atoms with Crippen LogP contribution in [0.4, 0.5) is 4.39 Å². The van der Waals surface area contributed by atoms with Crippen molar-refractivity contribution in [3.05, 3.63) is 23.9 Å². The van der Waals surface area contributed by atoms with Crippen molar-refractivity contribution in [2.45, 2.75) is 32.6 Å². The van der Waals surface area contributed by atoms with Crippen LogP contribution >= 0.6 is 0 Å². The van der Waals surface area contributed by atoms with Crippen LogP contribution in [0.2, 0.25) is 0 Å². The second-order valence-electron chi connectivity index (χ2n) is 3.66. The number of imidazole rings is 1. The van der Waals surface area contributed by atoms with Gasteiger partial charge in [0, 0.05) is 12.0 Å². The molecule has 2 rings (SSSR count). The summed E-state index contributed by atoms with van der Waals surface area (Å²) in [5.74, 6) is 0.984. The molecule has 0 aromatic carbocycles. The summed E-state index contributed by atoms with van der Waals surface area (Å²) in [6.07, 6.45) is 3.25. The number of pyridine rings is 1. The van der Waals surface area contributed by atoms with Crippen molar-refractivity contribution in [2.75, 3.05) is 0 Å². The van der Waals surface area contributed by atoms with E-state index in [1.54, 1.807) is 0 Å². The minimum absolute atomic E-state index is 0.331. The summed E-state index contributed by atoms with van der Waals surface area (Å²) in [5.41, 5.74) is 1.27. The number of nitrogens with one attached hydrogen (secondary N) is 1. The first-order valence-electron chi connectivity index (χ1n) is 5.25. The van der Waals surface area contributed by atoms with Gasteiger partial charge in [-0.05, 0) is 12.8 Å². The minimum Gasteiger partial charge on any atom is -0.340 e. The maximum Gasteiger partial charge on any atom is 0.177 e. The molecular weight excluding hydrogens is 193 g/mol. The summed E-state index contributed by atoms with van der Waals surface area (Å²) in [7, 11) is 0. The molecule has 0 saturated carbocycles. The number of fused-ring (bicyclic) bond motifs is 1. The Morgan fingerprint density at radius 2 is 2.13 bits per heavy atom. The third-order valence-electron chi connectivity index (χ3n) is 2.69. The second-order valence-corrected chi connectivity index (χ2v) is 3.66. The van der Waals surface area contributed by atoms with Gasteiger partial charge in [0.25, 0.3) is 0 Å². The van der Waals surface area contributed by atoms with Gasteiger partial charge in [0.15, 0.2) is 5.65 Å². The molecule has 80 valence electrons. The molecule has 2 heterocycles. The zero-order valence-corrected chi connectivity index (χ0v) is 8.92. The van der Waals surface area contributed by atoms with E-state index in [4.69, 9.17) is 0 Å². The molecule has 0 atom stereocenters. The summed E-state index contributed by atoms with van der Waals surface area (Å²) in [5, 5.41) is 0. The Balaban J connectivity index is 2.46. The Bertz CT molecular complexity index is 460. The largest absolute Gasteiger partial charge is 0.340 e. The van der Waals surface area contributed by atoms with E-state index in [9.17, 15) is 4.39 Å². The van der Waals surface area contributed by atoms with E-state index in [0.717, 1.165) is 18.7 Å². The zero-order chi connectivity index (χ0) is 10.8. The predicted molar refractivity (Wildman–Crippen MR) is 57.2 cm³/mol. The summed E-state index contributed by atoms with van der Waals surface area (Å²) in [6, 6.07) is 1.43. The second kappa shape index (κ2) is 3.96. The van der Waals surface area contributed by atoms with Gasteiger partial charge in [0.05, 0.1) is 11.7 Å². The van der Waals surface area contributed by atoms with Gasteiger partial charge in [-0.25, -0.2) is 14.4 Å². The average molecular weight is 207 g/mol. The predicted octanol–water partition coefficient (Wildman–Crippen LogP) is 3.00. The molecule has 3 nitrogen and oxygen atoms in total. The molecule has 0 aliphatic rings. The normalized spacial score (nSPS) is 11.5. The van der Waals surface area contributed by atoms with Crippen molar-refractivity contribution >= 4 is 11.2 Å². The van der Waals surface area contributed by atoms with E-state index >= 15 is 0 Å². The van der Waals surface area contributed by atoms with Crippen LogP contribution in [0.1, 0.15) is 38.4 Å². The maximum absolute atomic E-state index is 12.9. The van der Waals surface area contributed by atoms with Crippen molar-refractivity contribution in [1.82, 2.24) is 15.0 Å². The Hall–Kier alpha value is -1.45. The van der Waals surface area contributed by atoms with E-state index in [0.29, 0.717) is 17.1 Å². The maximum atomic E-state index is 12.9. The number of hydrogen-bond acceptors (Lipinski definition) is 2. The third-order valence-corrected chi connectivity index (χ3v) is 2.69. The van der Waals surface area contributed by atoms with Gasteiger partial charge >= 0.3 is 0 Å². The quantitative estimate of drug-likeness (QED) is 0.840. The van der Waals surface area contributed by atoms with Gasteiger partial charge in [-0.3, -0.25) is 0 Å². The topological polar surface area (TPSA) is 41.6 Å². The van der Waals surface area contributed by atoms with Gasteiger partial charge < -0.3 is 4.98 Å². The number of halogens is 1. The molecule has 0 radical (unpaired) electrons. The molecule has 0 aliphatic carbocycles. The number of aromatic nitrogens is 3. The lowest BCUT2D eigenvalue weighted by Crippen LogP contribution is -1.97. The molecule has 2 aromatic heterocycles. The summed E-state index contributed by atoms with van der Waals surface area (Å²) in [6.45, 7) is 4.24. The van der Waals surface area contributed by atoms with E-state index in [1.807, 2.05) is 0 Å². The highest BCUT2D eigenvalue weighted by molar-refractivity contribution is 5.70. The van der Waals surface area contributed by atoms with Gasteiger partial charge in [0.2, 0.25) is 0 Å². The van der Waals surface area contributed by atoms with Crippen molar-refractivity contribution < 1.29 is 4.39 Å².